The van der Waals surface area contributed by atoms with Crippen LogP contribution in [-0.2, 0) is 16.7 Å². The van der Waals surface area contributed by atoms with Gasteiger partial charge >= 0.3 is 0 Å². The first-order valence-corrected chi connectivity index (χ1v) is 10.9. The Kier molecular flexibility index (Phi) is 4.69. The van der Waals surface area contributed by atoms with Crippen LogP contribution >= 0.6 is 11.6 Å². The van der Waals surface area contributed by atoms with E-state index in [1.54, 1.807) is 19.3 Å². The summed E-state index contributed by atoms with van der Waals surface area (Å²) in [6.07, 6.45) is 6.32. The molecule has 4 nitrogen and oxygen atoms in total. The number of benzene rings is 2. The van der Waals surface area contributed by atoms with Crippen molar-refractivity contribution in [2.24, 2.45) is 16.1 Å². The summed E-state index contributed by atoms with van der Waals surface area (Å²) in [5.74, 6) is -0.470. The number of hydrogen-bond acceptors (Lipinski definition) is 4. The number of fused-ring (bicyclic) bond motifs is 3. The van der Waals surface area contributed by atoms with Gasteiger partial charge in [-0.15, -0.1) is 0 Å². The van der Waals surface area contributed by atoms with Crippen LogP contribution in [-0.4, -0.2) is 19.0 Å². The van der Waals surface area contributed by atoms with Crippen LogP contribution in [0, 0.1) is 16.7 Å². The van der Waals surface area contributed by atoms with Gasteiger partial charge in [0, 0.05) is 17.5 Å². The molecule has 2 spiro atoms. The predicted octanol–water partition coefficient (Wildman–Crippen LogP) is 5.43. The molecule has 158 valence electrons. The fraction of sp³-hybridized carbons (Fsp3) is 0.360. The summed E-state index contributed by atoms with van der Waals surface area (Å²) in [7, 11) is 1.75. The van der Waals surface area contributed by atoms with E-state index >= 15 is 0 Å². The monoisotopic (exact) mass is 435 g/mol. The number of aliphatic imine (C=N–C) groups is 1. The van der Waals surface area contributed by atoms with Crippen molar-refractivity contribution in [3.05, 3.63) is 70.0 Å². The second-order valence-corrected chi connectivity index (χ2v) is 9.30. The summed E-state index contributed by atoms with van der Waals surface area (Å²) in [6.45, 7) is 0. The number of nitrogens with zero attached hydrogens (tertiary/aromatic N) is 2. The lowest BCUT2D eigenvalue weighted by Crippen LogP contribution is -2.43. The Morgan fingerprint density at radius 1 is 1.19 bits per heavy atom. The smallest absolute Gasteiger partial charge is 0.163 e. The van der Waals surface area contributed by atoms with Crippen LogP contribution in [0.2, 0.25) is 5.02 Å². The molecule has 5 rings (SSSR count). The first-order valence-electron chi connectivity index (χ1n) is 10.5. The summed E-state index contributed by atoms with van der Waals surface area (Å²) in [5, 5.41) is 9.83. The molecule has 3 aliphatic rings. The van der Waals surface area contributed by atoms with E-state index in [1.807, 2.05) is 18.2 Å². The fourth-order valence-corrected chi connectivity index (χ4v) is 5.99. The van der Waals surface area contributed by atoms with Crippen molar-refractivity contribution in [1.29, 1.82) is 5.26 Å². The zero-order valence-corrected chi connectivity index (χ0v) is 18.0. The predicted molar refractivity (Wildman–Crippen MR) is 119 cm³/mol. The molecule has 1 saturated carbocycles. The number of amidine groups is 1. The van der Waals surface area contributed by atoms with Crippen LogP contribution in [0.4, 0.5) is 4.39 Å². The molecule has 0 aromatic heterocycles. The highest BCUT2D eigenvalue weighted by Gasteiger charge is 2.59. The second-order valence-electron chi connectivity index (χ2n) is 8.86. The van der Waals surface area contributed by atoms with E-state index < -0.39 is 11.4 Å². The van der Waals surface area contributed by atoms with Gasteiger partial charge in [0.1, 0.15) is 5.54 Å². The Labute approximate surface area is 186 Å². The topological polar surface area (TPSA) is 71.4 Å². The summed E-state index contributed by atoms with van der Waals surface area (Å²) in [5.41, 5.74) is 9.40. The molecule has 6 heteroatoms. The summed E-state index contributed by atoms with van der Waals surface area (Å²) in [4.78, 5) is 4.76. The highest BCUT2D eigenvalue weighted by molar-refractivity contribution is 6.31. The lowest BCUT2D eigenvalue weighted by Gasteiger charge is -2.45. The SMILES string of the molecule is COC1CCC2(CC1)Cc1ccc(-c3cc(Cl)cc(C#N)c3)cc1C21C=C(F)C(N)=N1. The largest absolute Gasteiger partial charge is 0.382 e. The first-order chi connectivity index (χ1) is 14.9. The van der Waals surface area contributed by atoms with Gasteiger partial charge in [0.2, 0.25) is 0 Å². The lowest BCUT2D eigenvalue weighted by molar-refractivity contribution is 0.00815. The van der Waals surface area contributed by atoms with E-state index in [1.165, 1.54) is 5.56 Å². The van der Waals surface area contributed by atoms with Gasteiger partial charge in [-0.25, -0.2) is 9.38 Å². The van der Waals surface area contributed by atoms with Gasteiger partial charge in [-0.3, -0.25) is 0 Å². The van der Waals surface area contributed by atoms with E-state index in [9.17, 15) is 9.65 Å². The van der Waals surface area contributed by atoms with E-state index in [0.717, 1.165) is 48.8 Å². The van der Waals surface area contributed by atoms with Crippen LogP contribution in [0.3, 0.4) is 0 Å². The molecule has 2 aromatic rings. The van der Waals surface area contributed by atoms with Gasteiger partial charge in [-0.2, -0.15) is 5.26 Å². The van der Waals surface area contributed by atoms with Crippen molar-refractivity contribution in [1.82, 2.24) is 0 Å². The van der Waals surface area contributed by atoms with Gasteiger partial charge in [0.15, 0.2) is 11.7 Å². The Bertz CT molecular complexity index is 1150. The van der Waals surface area contributed by atoms with Crippen LogP contribution in [0.5, 0.6) is 0 Å². The molecule has 1 heterocycles. The molecule has 1 unspecified atom stereocenters. The molecule has 2 aromatic carbocycles. The van der Waals surface area contributed by atoms with Crippen molar-refractivity contribution in [3.63, 3.8) is 0 Å². The van der Waals surface area contributed by atoms with Crippen molar-refractivity contribution < 1.29 is 9.13 Å². The number of hydrogen-bond donors (Lipinski definition) is 1. The van der Waals surface area contributed by atoms with Crippen molar-refractivity contribution in [3.8, 4) is 17.2 Å². The highest BCUT2D eigenvalue weighted by atomic mass is 35.5. The highest BCUT2D eigenvalue weighted by Crippen LogP contribution is 2.62. The molecule has 31 heavy (non-hydrogen) atoms. The minimum absolute atomic E-state index is 0.0268. The van der Waals surface area contributed by atoms with E-state index in [0.29, 0.717) is 10.6 Å². The fourth-order valence-electron chi connectivity index (χ4n) is 5.75. The second kappa shape index (κ2) is 7.19. The number of nitrogens with two attached hydrogens (primary N) is 1. The number of ether oxygens (including phenoxy) is 1. The number of halogens is 2. The maximum Gasteiger partial charge on any atom is 0.163 e. The van der Waals surface area contributed by atoms with Crippen LogP contribution in [0.25, 0.3) is 11.1 Å². The van der Waals surface area contributed by atoms with Gasteiger partial charge in [0.25, 0.3) is 0 Å². The summed E-state index contributed by atoms with van der Waals surface area (Å²) in [6, 6.07) is 13.7. The molecule has 1 atom stereocenters. The van der Waals surface area contributed by atoms with E-state index in [-0.39, 0.29) is 17.4 Å². The van der Waals surface area contributed by atoms with Crippen LogP contribution in [0.15, 0.2) is 53.3 Å². The number of rotatable bonds is 2. The molecule has 2 N–H and O–H groups in total. The minimum atomic E-state index is -0.804. The van der Waals surface area contributed by atoms with Crippen LogP contribution in [0.1, 0.15) is 42.4 Å². The van der Waals surface area contributed by atoms with Gasteiger partial charge in [0.05, 0.1) is 17.7 Å². The third-order valence-corrected chi connectivity index (χ3v) is 7.54. The maximum atomic E-state index is 14.7. The van der Waals surface area contributed by atoms with Crippen molar-refractivity contribution in [2.45, 2.75) is 43.7 Å². The first kappa shape index (κ1) is 20.2. The minimum Gasteiger partial charge on any atom is -0.382 e. The molecular weight excluding hydrogens is 413 g/mol. The zero-order valence-electron chi connectivity index (χ0n) is 17.3. The number of nitriles is 1. The normalized spacial score (nSPS) is 29.0. The quantitative estimate of drug-likeness (QED) is 0.683. The molecular formula is C25H23ClFN3O. The Morgan fingerprint density at radius 3 is 2.61 bits per heavy atom. The standard InChI is InChI=1S/C25H23ClFN3O/c1-31-20-4-6-24(7-5-20)12-17-3-2-16(18-8-15(14-28)9-19(26)10-18)11-21(17)25(24)13-22(27)23(29)30-25/h2-3,8-11,13,20H,4-7,12H2,1H3,(H2,29,30). The number of methoxy groups -OCH3 is 1. The third-order valence-electron chi connectivity index (χ3n) is 7.32. The van der Waals surface area contributed by atoms with Gasteiger partial charge < -0.3 is 10.5 Å². The molecule has 0 amide bonds. The average molecular weight is 436 g/mol. The summed E-state index contributed by atoms with van der Waals surface area (Å²) < 4.78 is 20.3. The Balaban J connectivity index is 1.65. The lowest BCUT2D eigenvalue weighted by atomic mass is 9.62. The Morgan fingerprint density at radius 2 is 1.97 bits per heavy atom. The zero-order chi connectivity index (χ0) is 21.8. The molecule has 1 fully saturated rings. The summed E-state index contributed by atoms with van der Waals surface area (Å²) >= 11 is 6.24. The van der Waals surface area contributed by atoms with E-state index in [2.05, 4.69) is 18.2 Å². The molecule has 2 aliphatic carbocycles. The van der Waals surface area contributed by atoms with Crippen LogP contribution < -0.4 is 5.73 Å². The molecule has 1 aliphatic heterocycles. The molecule has 0 radical (unpaired) electrons. The third kappa shape index (κ3) is 3.01. The average Bonchev–Trinajstić information content (AvgIpc) is 3.21. The van der Waals surface area contributed by atoms with Crippen molar-refractivity contribution >= 4 is 17.4 Å². The van der Waals surface area contributed by atoms with Gasteiger partial charge in [-0.1, -0.05) is 23.7 Å². The Hall–Kier alpha value is -2.68. The van der Waals surface area contributed by atoms with Crippen molar-refractivity contribution in [2.75, 3.05) is 7.11 Å². The van der Waals surface area contributed by atoms with Gasteiger partial charge in [-0.05, 0) is 84.7 Å². The molecule has 0 saturated heterocycles. The maximum absolute atomic E-state index is 14.7. The molecule has 0 bridgehead atoms. The van der Waals surface area contributed by atoms with E-state index in [4.69, 9.17) is 27.1 Å².